The maximum Gasteiger partial charge on any atom is 0.410 e. The van der Waals surface area contributed by atoms with E-state index in [0.717, 1.165) is 11.3 Å². The van der Waals surface area contributed by atoms with E-state index in [2.05, 4.69) is 5.32 Å². The number of hydrogen-bond donors (Lipinski definition) is 1. The first-order chi connectivity index (χ1) is 10.2. The third-order valence-electron chi connectivity index (χ3n) is 4.10. The van der Waals surface area contributed by atoms with Crippen molar-refractivity contribution in [3.8, 4) is 0 Å². The number of amides is 2. The fourth-order valence-corrected chi connectivity index (χ4v) is 3.51. The van der Waals surface area contributed by atoms with Gasteiger partial charge in [-0.3, -0.25) is 4.79 Å². The van der Waals surface area contributed by atoms with Crippen LogP contribution in [0.2, 0.25) is 5.02 Å². The Kier molecular flexibility index (Phi) is 3.36. The molecule has 118 valence electrons. The van der Waals surface area contributed by atoms with Crippen molar-refractivity contribution >= 4 is 29.3 Å². The molecule has 0 radical (unpaired) electrons. The second-order valence-electron chi connectivity index (χ2n) is 6.85. The van der Waals surface area contributed by atoms with Gasteiger partial charge in [-0.15, -0.1) is 0 Å². The summed E-state index contributed by atoms with van der Waals surface area (Å²) in [6.07, 6.45) is 0.159. The molecule has 3 rings (SSSR count). The molecule has 1 spiro atoms. The van der Waals surface area contributed by atoms with E-state index < -0.39 is 17.1 Å². The smallest absolute Gasteiger partial charge is 0.410 e. The molecule has 2 heterocycles. The Bertz CT molecular complexity index is 653. The van der Waals surface area contributed by atoms with E-state index in [1.807, 2.05) is 26.8 Å². The van der Waals surface area contributed by atoms with Crippen LogP contribution in [0, 0.1) is 0 Å². The number of fused-ring (bicyclic) bond motifs is 2. The normalized spacial score (nSPS) is 23.6. The van der Waals surface area contributed by atoms with Gasteiger partial charge < -0.3 is 15.0 Å². The molecule has 6 heteroatoms. The zero-order chi connectivity index (χ0) is 16.1. The van der Waals surface area contributed by atoms with E-state index in [0.29, 0.717) is 24.5 Å². The van der Waals surface area contributed by atoms with Crippen LogP contribution >= 0.6 is 11.6 Å². The predicted molar refractivity (Wildman–Crippen MR) is 84.2 cm³/mol. The molecule has 2 aliphatic heterocycles. The van der Waals surface area contributed by atoms with Crippen LogP contribution in [0.5, 0.6) is 0 Å². The van der Waals surface area contributed by atoms with E-state index >= 15 is 0 Å². The first-order valence-corrected chi connectivity index (χ1v) is 7.69. The van der Waals surface area contributed by atoms with Crippen LogP contribution in [0.4, 0.5) is 10.5 Å². The highest BCUT2D eigenvalue weighted by Gasteiger charge is 2.53. The van der Waals surface area contributed by atoms with Gasteiger partial charge in [-0.2, -0.15) is 0 Å². The Labute approximate surface area is 134 Å². The lowest BCUT2D eigenvalue weighted by Crippen LogP contribution is -2.41. The number of ether oxygens (including phenoxy) is 1. The average molecular weight is 323 g/mol. The van der Waals surface area contributed by atoms with Crippen LogP contribution < -0.4 is 5.32 Å². The molecule has 1 aromatic rings. The van der Waals surface area contributed by atoms with Gasteiger partial charge in [0, 0.05) is 29.4 Å². The fraction of sp³-hybridized carbons (Fsp3) is 0.500. The number of carbonyl (C=O) groups excluding carboxylic acids is 2. The summed E-state index contributed by atoms with van der Waals surface area (Å²) < 4.78 is 5.40. The van der Waals surface area contributed by atoms with Crippen LogP contribution in [0.3, 0.4) is 0 Å². The second-order valence-corrected chi connectivity index (χ2v) is 7.26. The first-order valence-electron chi connectivity index (χ1n) is 7.31. The lowest BCUT2D eigenvalue weighted by Gasteiger charge is -2.26. The number of nitrogens with zero attached hydrogens (tertiary/aromatic N) is 1. The molecule has 0 bridgehead atoms. The second kappa shape index (κ2) is 4.88. The highest BCUT2D eigenvalue weighted by atomic mass is 35.5. The average Bonchev–Trinajstić information content (AvgIpc) is 2.93. The molecule has 1 saturated heterocycles. The minimum atomic E-state index is -0.759. The van der Waals surface area contributed by atoms with Crippen molar-refractivity contribution in [2.24, 2.45) is 0 Å². The Morgan fingerprint density at radius 1 is 1.41 bits per heavy atom. The number of anilines is 1. The summed E-state index contributed by atoms with van der Waals surface area (Å²) in [5.41, 5.74) is 0.224. The summed E-state index contributed by atoms with van der Waals surface area (Å²) in [5.74, 6) is -0.0957. The number of rotatable bonds is 0. The van der Waals surface area contributed by atoms with Crippen LogP contribution in [0.15, 0.2) is 18.2 Å². The Balaban J connectivity index is 1.89. The van der Waals surface area contributed by atoms with Crippen molar-refractivity contribution in [2.75, 3.05) is 18.4 Å². The molecule has 1 N–H and O–H groups in total. The van der Waals surface area contributed by atoms with Crippen LogP contribution in [-0.4, -0.2) is 35.6 Å². The highest BCUT2D eigenvalue weighted by molar-refractivity contribution is 6.33. The molecule has 1 fully saturated rings. The molecule has 2 aliphatic rings. The monoisotopic (exact) mass is 322 g/mol. The van der Waals surface area contributed by atoms with Crippen LogP contribution in [0.1, 0.15) is 32.8 Å². The van der Waals surface area contributed by atoms with E-state index in [4.69, 9.17) is 16.3 Å². The zero-order valence-corrected chi connectivity index (χ0v) is 13.7. The molecule has 1 aromatic carbocycles. The lowest BCUT2D eigenvalue weighted by atomic mass is 9.81. The predicted octanol–water partition coefficient (Wildman–Crippen LogP) is 3.17. The van der Waals surface area contributed by atoms with Crippen molar-refractivity contribution in [3.63, 3.8) is 0 Å². The Morgan fingerprint density at radius 3 is 2.82 bits per heavy atom. The van der Waals surface area contributed by atoms with Gasteiger partial charge in [0.05, 0.1) is 5.41 Å². The van der Waals surface area contributed by atoms with Gasteiger partial charge in [-0.1, -0.05) is 17.7 Å². The van der Waals surface area contributed by atoms with Crippen molar-refractivity contribution < 1.29 is 14.3 Å². The number of carbonyl (C=O) groups is 2. The minimum Gasteiger partial charge on any atom is -0.444 e. The number of hydrogen-bond acceptors (Lipinski definition) is 3. The number of benzene rings is 1. The first kappa shape index (κ1) is 15.2. The molecular weight excluding hydrogens is 304 g/mol. The van der Waals surface area contributed by atoms with E-state index in [9.17, 15) is 9.59 Å². The quantitative estimate of drug-likeness (QED) is 0.798. The lowest BCUT2D eigenvalue weighted by molar-refractivity contribution is -0.120. The Morgan fingerprint density at radius 2 is 2.14 bits per heavy atom. The SMILES string of the molecule is CC(C)(C)OC(=O)N1CC[C@@]2(C1)C(=O)Nc1cccc(Cl)c12. The van der Waals surface area contributed by atoms with Crippen molar-refractivity contribution in [2.45, 2.75) is 38.2 Å². The summed E-state index contributed by atoms with van der Waals surface area (Å²) in [6.45, 7) is 6.25. The summed E-state index contributed by atoms with van der Waals surface area (Å²) in [7, 11) is 0. The molecular formula is C16H19ClN2O3. The van der Waals surface area contributed by atoms with Crippen LogP contribution in [-0.2, 0) is 14.9 Å². The highest BCUT2D eigenvalue weighted by Crippen LogP contribution is 2.47. The third kappa shape index (κ3) is 2.33. The largest absolute Gasteiger partial charge is 0.444 e. The van der Waals surface area contributed by atoms with Crippen molar-refractivity contribution in [3.05, 3.63) is 28.8 Å². The van der Waals surface area contributed by atoms with Gasteiger partial charge in [-0.05, 0) is 39.3 Å². The van der Waals surface area contributed by atoms with E-state index in [1.54, 1.807) is 17.0 Å². The maximum absolute atomic E-state index is 12.5. The number of nitrogens with one attached hydrogen (secondary N) is 1. The number of halogens is 1. The van der Waals surface area contributed by atoms with Crippen molar-refractivity contribution in [1.29, 1.82) is 0 Å². The summed E-state index contributed by atoms with van der Waals surface area (Å²) in [6, 6.07) is 5.42. The molecule has 1 atom stereocenters. The van der Waals surface area contributed by atoms with Gasteiger partial charge in [0.2, 0.25) is 5.91 Å². The molecule has 5 nitrogen and oxygen atoms in total. The number of likely N-dealkylation sites (tertiary alicyclic amines) is 1. The topological polar surface area (TPSA) is 58.6 Å². The maximum atomic E-state index is 12.5. The van der Waals surface area contributed by atoms with Gasteiger partial charge in [-0.25, -0.2) is 4.79 Å². The van der Waals surface area contributed by atoms with E-state index in [-0.39, 0.29) is 5.91 Å². The fourth-order valence-electron chi connectivity index (χ4n) is 3.15. The summed E-state index contributed by atoms with van der Waals surface area (Å²) >= 11 is 6.31. The molecule has 0 unspecified atom stereocenters. The molecule has 0 aliphatic carbocycles. The summed E-state index contributed by atoms with van der Waals surface area (Å²) in [5, 5.41) is 3.43. The minimum absolute atomic E-state index is 0.0957. The molecule has 0 saturated carbocycles. The Hall–Kier alpha value is -1.75. The van der Waals surface area contributed by atoms with Gasteiger partial charge in [0.15, 0.2) is 0 Å². The zero-order valence-electron chi connectivity index (χ0n) is 12.9. The standard InChI is InChI=1S/C16H19ClN2O3/c1-15(2,3)22-14(21)19-8-7-16(9-19)12-10(17)5-4-6-11(12)18-13(16)20/h4-6H,7-9H2,1-3H3,(H,18,20)/t16-/m0/s1. The van der Waals surface area contributed by atoms with E-state index in [1.165, 1.54) is 0 Å². The molecule has 0 aromatic heterocycles. The molecule has 22 heavy (non-hydrogen) atoms. The van der Waals surface area contributed by atoms with Gasteiger partial charge >= 0.3 is 6.09 Å². The third-order valence-corrected chi connectivity index (χ3v) is 4.41. The van der Waals surface area contributed by atoms with Crippen LogP contribution in [0.25, 0.3) is 0 Å². The van der Waals surface area contributed by atoms with Gasteiger partial charge in [0.1, 0.15) is 5.60 Å². The molecule has 2 amide bonds. The van der Waals surface area contributed by atoms with Crippen molar-refractivity contribution in [1.82, 2.24) is 4.90 Å². The van der Waals surface area contributed by atoms with Gasteiger partial charge in [0.25, 0.3) is 0 Å². The summed E-state index contributed by atoms with van der Waals surface area (Å²) in [4.78, 5) is 26.3.